The normalized spacial score (nSPS) is 22.9. The van der Waals surface area contributed by atoms with Crippen LogP contribution in [-0.4, -0.2) is 32.4 Å². The van der Waals surface area contributed by atoms with Gasteiger partial charge in [-0.2, -0.15) is 17.4 Å². The monoisotopic (exact) mass is 337 g/mol. The number of piperidine rings is 1. The van der Waals surface area contributed by atoms with Crippen molar-refractivity contribution in [3.8, 4) is 0 Å². The van der Waals surface area contributed by atoms with Crippen molar-refractivity contribution in [2.75, 3.05) is 19.6 Å². The van der Waals surface area contributed by atoms with Crippen molar-refractivity contribution in [3.05, 3.63) is 21.3 Å². The third-order valence-corrected chi connectivity index (χ3v) is 6.58. The van der Waals surface area contributed by atoms with E-state index in [1.165, 1.54) is 15.6 Å². The van der Waals surface area contributed by atoms with E-state index in [1.807, 2.05) is 13.0 Å². The quantitative estimate of drug-likeness (QED) is 0.862. The summed E-state index contributed by atoms with van der Waals surface area (Å²) in [7, 11) is -3.47. The summed E-state index contributed by atoms with van der Waals surface area (Å²) in [5.74, 6) is 0.256. The Morgan fingerprint density at radius 1 is 1.60 bits per heavy atom. The second-order valence-electron chi connectivity index (χ2n) is 5.09. The van der Waals surface area contributed by atoms with Crippen LogP contribution >= 0.6 is 22.9 Å². The molecule has 2 heterocycles. The molecule has 20 heavy (non-hydrogen) atoms. The van der Waals surface area contributed by atoms with Crippen LogP contribution in [-0.2, 0) is 10.2 Å². The Morgan fingerprint density at radius 3 is 2.95 bits per heavy atom. The van der Waals surface area contributed by atoms with E-state index in [2.05, 4.69) is 4.72 Å². The average Bonchev–Trinajstić information content (AvgIpc) is 2.85. The van der Waals surface area contributed by atoms with Gasteiger partial charge in [0.15, 0.2) is 0 Å². The standard InChI is InChI=1S/C12H20ClN3O2S2/c1-9(11-4-5-12(13)19-11)15-20(17,18)16-6-2-3-10(7-14)8-16/h4-5,9-10,15H,2-3,6-8,14H2,1H3. The molecule has 2 rings (SSSR count). The van der Waals surface area contributed by atoms with Crippen molar-refractivity contribution >= 4 is 33.1 Å². The molecular weight excluding hydrogens is 318 g/mol. The Labute approximate surface area is 129 Å². The van der Waals surface area contributed by atoms with E-state index in [4.69, 9.17) is 17.3 Å². The fourth-order valence-corrected chi connectivity index (χ4v) is 4.99. The first-order valence-electron chi connectivity index (χ1n) is 6.65. The lowest BCUT2D eigenvalue weighted by atomic mass is 10.0. The molecule has 1 aromatic rings. The van der Waals surface area contributed by atoms with E-state index < -0.39 is 10.2 Å². The summed E-state index contributed by atoms with van der Waals surface area (Å²) in [6.45, 7) is 3.42. The van der Waals surface area contributed by atoms with Crippen LogP contribution < -0.4 is 10.5 Å². The molecule has 1 aromatic heterocycles. The van der Waals surface area contributed by atoms with Gasteiger partial charge >= 0.3 is 0 Å². The molecule has 0 spiro atoms. The molecular formula is C12H20ClN3O2S2. The second-order valence-corrected chi connectivity index (χ2v) is 8.54. The van der Waals surface area contributed by atoms with Gasteiger partial charge in [-0.15, -0.1) is 11.3 Å². The number of rotatable bonds is 5. The molecule has 0 radical (unpaired) electrons. The lowest BCUT2D eigenvalue weighted by molar-refractivity contribution is 0.267. The summed E-state index contributed by atoms with van der Waals surface area (Å²) in [6, 6.07) is 3.34. The molecule has 0 bridgehead atoms. The first-order chi connectivity index (χ1) is 9.42. The van der Waals surface area contributed by atoms with Gasteiger partial charge in [-0.05, 0) is 44.4 Å². The predicted molar refractivity (Wildman–Crippen MR) is 83.2 cm³/mol. The van der Waals surface area contributed by atoms with Crippen LogP contribution in [0.1, 0.15) is 30.7 Å². The van der Waals surface area contributed by atoms with E-state index in [0.717, 1.165) is 17.7 Å². The van der Waals surface area contributed by atoms with Crippen LogP contribution in [0.2, 0.25) is 4.34 Å². The van der Waals surface area contributed by atoms with Crippen LogP contribution in [0.15, 0.2) is 12.1 Å². The van der Waals surface area contributed by atoms with Crippen molar-refractivity contribution in [1.82, 2.24) is 9.03 Å². The first-order valence-corrected chi connectivity index (χ1v) is 9.28. The lowest BCUT2D eigenvalue weighted by Crippen LogP contribution is -2.47. The zero-order chi connectivity index (χ0) is 14.8. The highest BCUT2D eigenvalue weighted by molar-refractivity contribution is 7.87. The van der Waals surface area contributed by atoms with Gasteiger partial charge in [0.1, 0.15) is 0 Å². The smallest absolute Gasteiger partial charge is 0.280 e. The van der Waals surface area contributed by atoms with Crippen LogP contribution in [0.4, 0.5) is 0 Å². The minimum absolute atomic E-state index is 0.256. The van der Waals surface area contributed by atoms with Gasteiger partial charge in [0.05, 0.1) is 10.4 Å². The SMILES string of the molecule is CC(NS(=O)(=O)N1CCCC(CN)C1)c1ccc(Cl)s1. The maximum atomic E-state index is 12.4. The van der Waals surface area contributed by atoms with Crippen molar-refractivity contribution in [2.24, 2.45) is 11.7 Å². The van der Waals surface area contributed by atoms with Gasteiger partial charge < -0.3 is 5.73 Å². The van der Waals surface area contributed by atoms with Crippen LogP contribution in [0, 0.1) is 5.92 Å². The molecule has 2 atom stereocenters. The Morgan fingerprint density at radius 2 is 2.35 bits per heavy atom. The van der Waals surface area contributed by atoms with E-state index >= 15 is 0 Å². The highest BCUT2D eigenvalue weighted by Gasteiger charge is 2.29. The summed E-state index contributed by atoms with van der Waals surface area (Å²) in [4.78, 5) is 0.908. The highest BCUT2D eigenvalue weighted by atomic mass is 35.5. The van der Waals surface area contributed by atoms with Crippen molar-refractivity contribution in [3.63, 3.8) is 0 Å². The van der Waals surface area contributed by atoms with Gasteiger partial charge in [-0.25, -0.2) is 0 Å². The molecule has 0 aliphatic carbocycles. The van der Waals surface area contributed by atoms with Crippen LogP contribution in [0.25, 0.3) is 0 Å². The lowest BCUT2D eigenvalue weighted by Gasteiger charge is -2.32. The molecule has 0 amide bonds. The van der Waals surface area contributed by atoms with E-state index in [9.17, 15) is 8.42 Å². The molecule has 2 unspecified atom stereocenters. The van der Waals surface area contributed by atoms with Crippen LogP contribution in [0.3, 0.4) is 0 Å². The molecule has 1 fully saturated rings. The maximum absolute atomic E-state index is 12.4. The third kappa shape index (κ3) is 3.93. The number of halogens is 1. The topological polar surface area (TPSA) is 75.4 Å². The van der Waals surface area contributed by atoms with E-state index in [-0.39, 0.29) is 12.0 Å². The molecule has 1 saturated heterocycles. The highest BCUT2D eigenvalue weighted by Crippen LogP contribution is 2.27. The first kappa shape index (κ1) is 16.2. The van der Waals surface area contributed by atoms with Gasteiger partial charge in [0.25, 0.3) is 10.2 Å². The zero-order valence-corrected chi connectivity index (χ0v) is 13.8. The van der Waals surface area contributed by atoms with Gasteiger partial charge in [0, 0.05) is 18.0 Å². The van der Waals surface area contributed by atoms with Crippen LogP contribution in [0.5, 0.6) is 0 Å². The molecule has 0 aromatic carbocycles. The third-order valence-electron chi connectivity index (χ3n) is 3.50. The largest absolute Gasteiger partial charge is 0.330 e. The van der Waals surface area contributed by atoms with Gasteiger partial charge in [-0.3, -0.25) is 0 Å². The number of hydrogen-bond acceptors (Lipinski definition) is 4. The number of nitrogens with two attached hydrogens (primary N) is 1. The Kier molecular flexibility index (Phi) is 5.44. The van der Waals surface area contributed by atoms with Crippen molar-refractivity contribution < 1.29 is 8.42 Å². The number of thiophene rings is 1. The summed E-state index contributed by atoms with van der Waals surface area (Å²) in [5.41, 5.74) is 5.65. The maximum Gasteiger partial charge on any atom is 0.280 e. The average molecular weight is 338 g/mol. The molecule has 5 nitrogen and oxygen atoms in total. The number of nitrogens with one attached hydrogen (secondary N) is 1. The molecule has 3 N–H and O–H groups in total. The minimum Gasteiger partial charge on any atom is -0.330 e. The Hall–Kier alpha value is -0.180. The van der Waals surface area contributed by atoms with Gasteiger partial charge in [0.2, 0.25) is 0 Å². The minimum atomic E-state index is -3.47. The molecule has 0 saturated carbocycles. The molecule has 1 aliphatic heterocycles. The predicted octanol–water partition coefficient (Wildman–Crippen LogP) is 1.97. The number of nitrogens with zero attached hydrogens (tertiary/aromatic N) is 1. The van der Waals surface area contributed by atoms with E-state index in [1.54, 1.807) is 6.07 Å². The Bertz CT molecular complexity index is 547. The summed E-state index contributed by atoms with van der Waals surface area (Å²) >= 11 is 7.27. The van der Waals surface area contributed by atoms with E-state index in [0.29, 0.717) is 24.0 Å². The van der Waals surface area contributed by atoms with Crippen molar-refractivity contribution in [2.45, 2.75) is 25.8 Å². The summed E-state index contributed by atoms with van der Waals surface area (Å²) in [5, 5.41) is 0. The van der Waals surface area contributed by atoms with Gasteiger partial charge in [-0.1, -0.05) is 11.6 Å². The second kappa shape index (κ2) is 6.72. The Balaban J connectivity index is 2.03. The fraction of sp³-hybridized carbons (Fsp3) is 0.667. The number of hydrogen-bond donors (Lipinski definition) is 2. The molecule has 8 heteroatoms. The van der Waals surface area contributed by atoms with Crippen molar-refractivity contribution in [1.29, 1.82) is 0 Å². The summed E-state index contributed by atoms with van der Waals surface area (Å²) in [6.07, 6.45) is 1.86. The molecule has 1 aliphatic rings. The summed E-state index contributed by atoms with van der Waals surface area (Å²) < 4.78 is 29.6. The molecule has 114 valence electrons. The zero-order valence-electron chi connectivity index (χ0n) is 11.4. The fourth-order valence-electron chi connectivity index (χ4n) is 2.35.